The molecule has 15 heteroatoms. The van der Waals surface area contributed by atoms with E-state index >= 15 is 0 Å². The first-order valence-corrected chi connectivity index (χ1v) is 4.87. The third-order valence-corrected chi connectivity index (χ3v) is 2.50. The summed E-state index contributed by atoms with van der Waals surface area (Å²) in [5.41, 5.74) is 0. The molecule has 0 heterocycles. The Labute approximate surface area is 110 Å². The van der Waals surface area contributed by atoms with E-state index in [-0.39, 0.29) is 0 Å². The van der Waals surface area contributed by atoms with Gasteiger partial charge in [-0.2, -0.15) is 57.1 Å². The molecule has 0 amide bonds. The molecule has 1 nitrogen and oxygen atoms in total. The lowest BCUT2D eigenvalue weighted by Gasteiger charge is -2.38. The van der Waals surface area contributed by atoms with Gasteiger partial charge >= 0.3 is 35.1 Å². The second kappa shape index (κ2) is 4.96. The zero-order chi connectivity index (χ0) is 17.7. The SMILES string of the molecule is OSC(F)(F)C(F)(F)C(F)(F)C(F)(F)C(F)(F)C(F)(F)F. The summed E-state index contributed by atoms with van der Waals surface area (Å²) in [6.07, 6.45) is -7.43. The Kier molecular flexibility index (Phi) is 4.82. The normalized spacial score (nSPS) is 16.3. The Morgan fingerprint density at radius 3 is 1.00 bits per heavy atom. The average molecular weight is 368 g/mol. The standard InChI is InChI=1S/C6HF13OS/c7-1(8,3(11,12)5(15,16)17)2(9,10)4(13,14)6(18,19)21-20/h20H. The van der Waals surface area contributed by atoms with E-state index < -0.39 is 47.2 Å². The van der Waals surface area contributed by atoms with Crippen molar-refractivity contribution in [2.45, 2.75) is 35.1 Å². The van der Waals surface area contributed by atoms with Crippen LogP contribution in [-0.2, 0) is 0 Å². The van der Waals surface area contributed by atoms with Crippen molar-refractivity contribution in [1.82, 2.24) is 0 Å². The van der Waals surface area contributed by atoms with Crippen LogP contribution in [0.3, 0.4) is 0 Å². The number of rotatable bonds is 5. The topological polar surface area (TPSA) is 20.2 Å². The maximum atomic E-state index is 12.6. The van der Waals surface area contributed by atoms with Crippen molar-refractivity contribution in [2.24, 2.45) is 0 Å². The summed E-state index contributed by atoms with van der Waals surface area (Å²) in [6.45, 7) is 0. The van der Waals surface area contributed by atoms with Crippen molar-refractivity contribution in [3.63, 3.8) is 0 Å². The van der Waals surface area contributed by atoms with Crippen LogP contribution >= 0.6 is 12.0 Å². The maximum absolute atomic E-state index is 12.6. The molecule has 0 rings (SSSR count). The molecule has 0 aliphatic carbocycles. The number of alkyl halides is 13. The van der Waals surface area contributed by atoms with E-state index in [1.807, 2.05) is 0 Å². The highest BCUT2D eigenvalue weighted by Crippen LogP contribution is 2.61. The van der Waals surface area contributed by atoms with Gasteiger partial charge in [-0.3, -0.25) is 0 Å². The summed E-state index contributed by atoms with van der Waals surface area (Å²) < 4.78 is 167. The zero-order valence-electron chi connectivity index (χ0n) is 8.77. The second-order valence-electron chi connectivity index (χ2n) is 3.40. The highest BCUT2D eigenvalue weighted by Gasteiger charge is 2.91. The minimum atomic E-state index is -7.93. The van der Waals surface area contributed by atoms with Crippen molar-refractivity contribution in [2.75, 3.05) is 0 Å². The lowest BCUT2D eigenvalue weighted by molar-refractivity contribution is -0.433. The second-order valence-corrected chi connectivity index (χ2v) is 4.10. The number of halogens is 13. The number of hydrogen-bond acceptors (Lipinski definition) is 2. The van der Waals surface area contributed by atoms with Crippen LogP contribution in [0.5, 0.6) is 0 Å². The molecule has 0 bridgehead atoms. The first-order chi connectivity index (χ1) is 8.81. The van der Waals surface area contributed by atoms with Crippen LogP contribution in [0, 0.1) is 0 Å². The number of hydrogen-bond donors (Lipinski definition) is 1. The predicted molar refractivity (Wildman–Crippen MR) is 41.0 cm³/mol. The van der Waals surface area contributed by atoms with E-state index in [4.69, 9.17) is 4.55 Å². The molecule has 0 aliphatic heterocycles. The highest BCUT2D eigenvalue weighted by atomic mass is 32.2. The summed E-state index contributed by atoms with van der Waals surface area (Å²) in [6, 6.07) is 0. The molecule has 128 valence electrons. The Balaban J connectivity index is 6.14. The van der Waals surface area contributed by atoms with E-state index in [0.717, 1.165) is 0 Å². The average Bonchev–Trinajstić information content (AvgIpc) is 2.26. The van der Waals surface area contributed by atoms with Gasteiger partial charge in [0, 0.05) is 0 Å². The third kappa shape index (κ3) is 2.61. The quantitative estimate of drug-likeness (QED) is 0.551. The molecule has 0 saturated carbocycles. The van der Waals surface area contributed by atoms with Gasteiger partial charge in [0.15, 0.2) is 0 Å². The van der Waals surface area contributed by atoms with Crippen molar-refractivity contribution in [3.8, 4) is 0 Å². The van der Waals surface area contributed by atoms with Gasteiger partial charge in [-0.05, 0) is 0 Å². The smallest absolute Gasteiger partial charge is 0.325 e. The van der Waals surface area contributed by atoms with Gasteiger partial charge in [0.25, 0.3) is 0 Å². The van der Waals surface area contributed by atoms with E-state index in [1.54, 1.807) is 0 Å². The van der Waals surface area contributed by atoms with Crippen LogP contribution < -0.4 is 0 Å². The molecule has 1 N–H and O–H groups in total. The molecule has 0 aromatic rings. The van der Waals surface area contributed by atoms with Crippen LogP contribution in [0.15, 0.2) is 0 Å². The third-order valence-electron chi connectivity index (χ3n) is 2.02. The van der Waals surface area contributed by atoms with E-state index in [9.17, 15) is 57.1 Å². The van der Waals surface area contributed by atoms with Gasteiger partial charge in [0.2, 0.25) is 0 Å². The van der Waals surface area contributed by atoms with Gasteiger partial charge in [0.05, 0.1) is 12.0 Å². The fourth-order valence-corrected chi connectivity index (χ4v) is 1.06. The summed E-state index contributed by atoms with van der Waals surface area (Å²) >= 11 is -2.43. The molecule has 0 fully saturated rings. The lowest BCUT2D eigenvalue weighted by Crippen LogP contribution is -2.69. The predicted octanol–water partition coefficient (Wildman–Crippen LogP) is 4.89. The largest absolute Gasteiger partial charge is 0.460 e. The minimum absolute atomic E-state index is 2.43. The van der Waals surface area contributed by atoms with E-state index in [1.165, 1.54) is 0 Å². The van der Waals surface area contributed by atoms with Gasteiger partial charge in [-0.1, -0.05) is 0 Å². The Morgan fingerprint density at radius 1 is 0.476 bits per heavy atom. The fourth-order valence-electron chi connectivity index (χ4n) is 0.812. The highest BCUT2D eigenvalue weighted by molar-refractivity contribution is 7.94. The van der Waals surface area contributed by atoms with E-state index in [2.05, 4.69) is 0 Å². The molecule has 0 aliphatic rings. The summed E-state index contributed by atoms with van der Waals surface area (Å²) in [5, 5.41) is -6.47. The summed E-state index contributed by atoms with van der Waals surface area (Å²) in [4.78, 5) is 0. The summed E-state index contributed by atoms with van der Waals surface area (Å²) in [5.74, 6) is -31.0. The van der Waals surface area contributed by atoms with Gasteiger partial charge in [0.1, 0.15) is 0 Å². The zero-order valence-corrected chi connectivity index (χ0v) is 9.59. The van der Waals surface area contributed by atoms with E-state index in [0.29, 0.717) is 0 Å². The van der Waals surface area contributed by atoms with Crippen molar-refractivity contribution >= 4 is 12.0 Å². The Bertz CT molecular complexity index is 385. The molecule has 0 unspecified atom stereocenters. The van der Waals surface area contributed by atoms with Crippen molar-refractivity contribution in [1.29, 1.82) is 0 Å². The Hall–Kier alpha value is -0.600. The first-order valence-electron chi connectivity index (χ1n) is 4.09. The molecular weight excluding hydrogens is 367 g/mol. The molecular formula is C6HF13OS. The monoisotopic (exact) mass is 368 g/mol. The maximum Gasteiger partial charge on any atom is 0.460 e. The fraction of sp³-hybridized carbons (Fsp3) is 1.00. The minimum Gasteiger partial charge on any atom is -0.325 e. The molecule has 0 aromatic heterocycles. The van der Waals surface area contributed by atoms with Crippen molar-refractivity contribution in [3.05, 3.63) is 0 Å². The first kappa shape index (κ1) is 20.4. The van der Waals surface area contributed by atoms with Crippen LogP contribution in [-0.4, -0.2) is 39.7 Å². The van der Waals surface area contributed by atoms with Gasteiger partial charge in [-0.25, -0.2) is 0 Å². The van der Waals surface area contributed by atoms with Crippen LogP contribution in [0.2, 0.25) is 0 Å². The van der Waals surface area contributed by atoms with Gasteiger partial charge < -0.3 is 4.55 Å². The molecule has 0 saturated heterocycles. The Morgan fingerprint density at radius 2 is 0.762 bits per heavy atom. The lowest BCUT2D eigenvalue weighted by atomic mass is 9.98. The molecule has 0 radical (unpaired) electrons. The summed E-state index contributed by atoms with van der Waals surface area (Å²) in [7, 11) is 0. The molecule has 0 aromatic carbocycles. The van der Waals surface area contributed by atoms with Crippen molar-refractivity contribution < 1.29 is 61.6 Å². The molecule has 0 atom stereocenters. The van der Waals surface area contributed by atoms with Gasteiger partial charge in [-0.15, -0.1) is 0 Å². The van der Waals surface area contributed by atoms with Crippen LogP contribution in [0.4, 0.5) is 57.1 Å². The molecule has 21 heavy (non-hydrogen) atoms. The van der Waals surface area contributed by atoms with Crippen LogP contribution in [0.1, 0.15) is 0 Å². The van der Waals surface area contributed by atoms with Crippen LogP contribution in [0.25, 0.3) is 0 Å². The molecule has 0 spiro atoms.